The molecule has 9 heteroatoms. The highest BCUT2D eigenvalue weighted by molar-refractivity contribution is 7.19. The van der Waals surface area contributed by atoms with Crippen LogP contribution in [0.4, 0.5) is 5.13 Å². The molecular weight excluding hydrogens is 486 g/mol. The van der Waals surface area contributed by atoms with Gasteiger partial charge >= 0.3 is 0 Å². The third kappa shape index (κ3) is 5.36. The maximum atomic E-state index is 12.7. The Kier molecular flexibility index (Phi) is 6.96. The predicted octanol–water partition coefficient (Wildman–Crippen LogP) is 5.76. The number of hydrogen-bond acceptors (Lipinski definition) is 7. The average molecular weight is 512 g/mol. The van der Waals surface area contributed by atoms with Crippen molar-refractivity contribution in [3.8, 4) is 21.9 Å². The minimum Gasteiger partial charge on any atom is -0.493 e. The number of nitrogens with zero attached hydrogens (tertiary/aromatic N) is 3. The second kappa shape index (κ2) is 10.6. The Bertz CT molecular complexity index is 1590. The molecule has 0 bridgehead atoms. The summed E-state index contributed by atoms with van der Waals surface area (Å²) in [6.45, 7) is 1.94. The molecule has 0 aliphatic carbocycles. The average Bonchev–Trinajstić information content (AvgIpc) is 3.49. The number of H-pyrrole nitrogens is 1. The number of benzene rings is 2. The van der Waals surface area contributed by atoms with Gasteiger partial charge in [0, 0.05) is 11.6 Å². The molecule has 186 valence electrons. The van der Waals surface area contributed by atoms with Gasteiger partial charge in [0.05, 0.1) is 48.1 Å². The summed E-state index contributed by atoms with van der Waals surface area (Å²) < 4.78 is 10.6. The molecule has 0 atom stereocenters. The molecule has 2 aromatic carbocycles. The van der Waals surface area contributed by atoms with Gasteiger partial charge in [-0.2, -0.15) is 5.10 Å². The molecule has 0 saturated carbocycles. The number of anilines is 1. The second-order valence-corrected chi connectivity index (χ2v) is 9.30. The molecule has 5 aromatic rings. The van der Waals surface area contributed by atoms with Gasteiger partial charge in [-0.3, -0.25) is 14.9 Å². The fraction of sp³-hybridized carbons (Fsp3) is 0.143. The molecule has 1 amide bonds. The largest absolute Gasteiger partial charge is 0.493 e. The molecule has 0 fully saturated rings. The summed E-state index contributed by atoms with van der Waals surface area (Å²) in [5.41, 5.74) is 5.31. The van der Waals surface area contributed by atoms with Gasteiger partial charge in [-0.05, 0) is 66.6 Å². The number of thiazole rings is 1. The zero-order valence-corrected chi connectivity index (χ0v) is 21.4. The fourth-order valence-electron chi connectivity index (χ4n) is 4.01. The van der Waals surface area contributed by atoms with E-state index in [-0.39, 0.29) is 12.3 Å². The number of amides is 1. The minimum absolute atomic E-state index is 0.152. The Morgan fingerprint density at radius 3 is 2.70 bits per heavy atom. The highest BCUT2D eigenvalue weighted by Crippen LogP contribution is 2.35. The van der Waals surface area contributed by atoms with E-state index < -0.39 is 0 Å². The highest BCUT2D eigenvalue weighted by atomic mass is 32.1. The zero-order chi connectivity index (χ0) is 25.8. The summed E-state index contributed by atoms with van der Waals surface area (Å²) in [5, 5.41) is 12.1. The standard InChI is InChI=1S/C28H25N5O3S/c1-17-27(37-28(30-17)31-26(34)15-18-7-12-24(35-2)25(14-18)36-3)19-8-10-21-22(32-33-23(21)16-19)11-9-20-6-4-5-13-29-20/h4-14,16H,15H2,1-3H3,(H,32,33)(H,30,31,34)/b11-9+. The van der Waals surface area contributed by atoms with Crippen molar-refractivity contribution in [1.29, 1.82) is 0 Å². The van der Waals surface area contributed by atoms with Crippen LogP contribution in [-0.2, 0) is 11.2 Å². The first-order valence-corrected chi connectivity index (χ1v) is 12.4. The number of aryl methyl sites for hydroxylation is 1. The van der Waals surface area contributed by atoms with Crippen LogP contribution in [0.25, 0.3) is 33.5 Å². The van der Waals surface area contributed by atoms with Crippen LogP contribution in [0.1, 0.15) is 22.6 Å². The molecule has 3 aromatic heterocycles. The summed E-state index contributed by atoms with van der Waals surface area (Å²) in [4.78, 5) is 22.6. The van der Waals surface area contributed by atoms with Crippen molar-refractivity contribution < 1.29 is 14.3 Å². The molecule has 0 radical (unpaired) electrons. The fourth-order valence-corrected chi connectivity index (χ4v) is 4.98. The maximum absolute atomic E-state index is 12.7. The van der Waals surface area contributed by atoms with E-state index in [0.29, 0.717) is 16.6 Å². The number of fused-ring (bicyclic) bond motifs is 1. The topological polar surface area (TPSA) is 102 Å². The van der Waals surface area contributed by atoms with Gasteiger partial charge in [0.25, 0.3) is 0 Å². The minimum atomic E-state index is -0.152. The van der Waals surface area contributed by atoms with Crippen molar-refractivity contribution in [2.75, 3.05) is 19.5 Å². The van der Waals surface area contributed by atoms with E-state index in [1.165, 1.54) is 11.3 Å². The van der Waals surface area contributed by atoms with E-state index in [9.17, 15) is 4.79 Å². The van der Waals surface area contributed by atoms with Gasteiger partial charge in [0.15, 0.2) is 16.6 Å². The molecule has 0 unspecified atom stereocenters. The Hall–Kier alpha value is -4.50. The first kappa shape index (κ1) is 24.2. The molecule has 5 rings (SSSR count). The van der Waals surface area contributed by atoms with Crippen LogP contribution < -0.4 is 14.8 Å². The van der Waals surface area contributed by atoms with Gasteiger partial charge < -0.3 is 14.8 Å². The Morgan fingerprint density at radius 1 is 1.05 bits per heavy atom. The number of pyridine rings is 1. The summed E-state index contributed by atoms with van der Waals surface area (Å²) in [6, 6.07) is 17.4. The van der Waals surface area contributed by atoms with E-state index in [2.05, 4.69) is 31.5 Å². The van der Waals surface area contributed by atoms with Gasteiger partial charge in [-0.1, -0.05) is 29.5 Å². The molecular formula is C28H25N5O3S. The van der Waals surface area contributed by atoms with E-state index in [1.807, 2.05) is 55.5 Å². The number of hydrogen-bond donors (Lipinski definition) is 2. The number of carbonyl (C=O) groups excluding carboxylic acids is 1. The van der Waals surface area contributed by atoms with Gasteiger partial charge in [-0.15, -0.1) is 0 Å². The number of nitrogens with one attached hydrogen (secondary N) is 2. The second-order valence-electron chi connectivity index (χ2n) is 8.30. The van der Waals surface area contributed by atoms with Crippen molar-refractivity contribution in [3.63, 3.8) is 0 Å². The Labute approximate surface area is 218 Å². The lowest BCUT2D eigenvalue weighted by atomic mass is 10.1. The third-order valence-corrected chi connectivity index (χ3v) is 6.93. The molecule has 0 aliphatic heterocycles. The third-order valence-electron chi connectivity index (χ3n) is 5.81. The van der Waals surface area contributed by atoms with Crippen LogP contribution in [0.3, 0.4) is 0 Å². The number of carbonyl (C=O) groups is 1. The number of ether oxygens (including phenoxy) is 2. The van der Waals surface area contributed by atoms with Gasteiger partial charge in [0.2, 0.25) is 5.91 Å². The lowest BCUT2D eigenvalue weighted by Crippen LogP contribution is -2.14. The van der Waals surface area contributed by atoms with Crippen molar-refractivity contribution in [1.82, 2.24) is 20.2 Å². The van der Waals surface area contributed by atoms with E-state index in [0.717, 1.165) is 44.0 Å². The van der Waals surface area contributed by atoms with Crippen molar-refractivity contribution in [3.05, 3.63) is 83.4 Å². The van der Waals surface area contributed by atoms with Crippen LogP contribution in [0.5, 0.6) is 11.5 Å². The highest BCUT2D eigenvalue weighted by Gasteiger charge is 2.15. The molecule has 8 nitrogen and oxygen atoms in total. The Balaban J connectivity index is 1.31. The van der Waals surface area contributed by atoms with Crippen molar-refractivity contribution in [2.24, 2.45) is 0 Å². The predicted molar refractivity (Wildman–Crippen MR) is 147 cm³/mol. The zero-order valence-electron chi connectivity index (χ0n) is 20.6. The number of aromatic amines is 1. The summed E-state index contributed by atoms with van der Waals surface area (Å²) >= 11 is 1.44. The van der Waals surface area contributed by atoms with Gasteiger partial charge in [-0.25, -0.2) is 4.98 Å². The quantitative estimate of drug-likeness (QED) is 0.275. The van der Waals surface area contributed by atoms with E-state index >= 15 is 0 Å². The van der Waals surface area contributed by atoms with Crippen LogP contribution >= 0.6 is 11.3 Å². The van der Waals surface area contributed by atoms with Crippen molar-refractivity contribution >= 4 is 45.4 Å². The molecule has 0 saturated heterocycles. The van der Waals surface area contributed by atoms with E-state index in [4.69, 9.17) is 9.47 Å². The van der Waals surface area contributed by atoms with Crippen molar-refractivity contribution in [2.45, 2.75) is 13.3 Å². The number of methoxy groups -OCH3 is 2. The lowest BCUT2D eigenvalue weighted by Gasteiger charge is -2.09. The molecule has 37 heavy (non-hydrogen) atoms. The summed E-state index contributed by atoms with van der Waals surface area (Å²) in [7, 11) is 3.15. The number of rotatable bonds is 8. The number of aromatic nitrogens is 4. The van der Waals surface area contributed by atoms with Crippen LogP contribution in [-0.4, -0.2) is 40.3 Å². The van der Waals surface area contributed by atoms with Crippen LogP contribution in [0.2, 0.25) is 0 Å². The van der Waals surface area contributed by atoms with Crippen LogP contribution in [0.15, 0.2) is 60.8 Å². The smallest absolute Gasteiger partial charge is 0.230 e. The SMILES string of the molecule is COc1ccc(CC(=O)Nc2nc(C)c(-c3ccc4c(/C=C/c5ccccn5)n[nH]c4c3)s2)cc1OC. The van der Waals surface area contributed by atoms with Gasteiger partial charge in [0.1, 0.15) is 0 Å². The van der Waals surface area contributed by atoms with Crippen LogP contribution in [0, 0.1) is 6.92 Å². The molecule has 3 heterocycles. The first-order valence-electron chi connectivity index (χ1n) is 11.6. The maximum Gasteiger partial charge on any atom is 0.230 e. The lowest BCUT2D eigenvalue weighted by molar-refractivity contribution is -0.115. The summed E-state index contributed by atoms with van der Waals surface area (Å²) in [5.74, 6) is 1.06. The molecule has 2 N–H and O–H groups in total. The monoisotopic (exact) mass is 511 g/mol. The summed E-state index contributed by atoms with van der Waals surface area (Å²) in [6.07, 6.45) is 5.85. The normalized spacial score (nSPS) is 11.2. The first-order chi connectivity index (χ1) is 18.0. The molecule has 0 aliphatic rings. The Morgan fingerprint density at radius 2 is 1.92 bits per heavy atom. The molecule has 0 spiro atoms. The van der Waals surface area contributed by atoms with E-state index in [1.54, 1.807) is 32.5 Å².